The summed E-state index contributed by atoms with van der Waals surface area (Å²) in [5.41, 5.74) is 3.16. The molecule has 4 rings (SSSR count). The molecule has 8 nitrogen and oxygen atoms in total. The zero-order valence-corrected chi connectivity index (χ0v) is 19.8. The maximum Gasteiger partial charge on any atom is 0.277 e. The van der Waals surface area contributed by atoms with Crippen LogP contribution in [0.25, 0.3) is 16.8 Å². The number of carbonyl (C=O) groups excluding carboxylic acids is 1. The molecule has 35 heavy (non-hydrogen) atoms. The first-order chi connectivity index (χ1) is 16.9. The van der Waals surface area contributed by atoms with Gasteiger partial charge in [-0.3, -0.25) is 14.9 Å². The first-order valence-corrected chi connectivity index (χ1v) is 10.8. The van der Waals surface area contributed by atoms with Crippen molar-refractivity contribution in [2.45, 2.75) is 6.92 Å². The number of nitro benzene ring substituents is 1. The molecule has 3 aromatic carbocycles. The Balaban J connectivity index is 1.95. The molecule has 1 heterocycles. The molecule has 0 aliphatic heterocycles. The van der Waals surface area contributed by atoms with Crippen molar-refractivity contribution in [2.75, 3.05) is 21.3 Å². The number of aromatic nitrogens is 1. The van der Waals surface area contributed by atoms with Crippen LogP contribution in [0.1, 0.15) is 21.5 Å². The van der Waals surface area contributed by atoms with Crippen LogP contribution >= 0.6 is 0 Å². The third-order valence-electron chi connectivity index (χ3n) is 5.69. The van der Waals surface area contributed by atoms with E-state index in [1.54, 1.807) is 47.3 Å². The number of aryl methyl sites for hydroxylation is 1. The van der Waals surface area contributed by atoms with Crippen LogP contribution in [0.2, 0.25) is 0 Å². The molecule has 0 unspecified atom stereocenters. The molecule has 0 aliphatic rings. The van der Waals surface area contributed by atoms with E-state index in [9.17, 15) is 14.9 Å². The van der Waals surface area contributed by atoms with Crippen molar-refractivity contribution < 1.29 is 23.9 Å². The Morgan fingerprint density at radius 3 is 2.14 bits per heavy atom. The lowest BCUT2D eigenvalue weighted by Gasteiger charge is -2.14. The lowest BCUT2D eigenvalue weighted by Crippen LogP contribution is -2.05. The maximum atomic E-state index is 13.8. The zero-order chi connectivity index (χ0) is 25.1. The standard InChI is InChI=1S/C27H24N2O6/c1-17-8-7-9-19(12-17)28-15-21(20-10-5-6-11-23(20)29(31)32)22(16-28)26(30)18-13-24(33-2)27(35-4)25(14-18)34-3/h5-16H,1-4H3. The van der Waals surface area contributed by atoms with Gasteiger partial charge in [-0.05, 0) is 42.8 Å². The fraction of sp³-hybridized carbons (Fsp3) is 0.148. The smallest absolute Gasteiger partial charge is 0.277 e. The van der Waals surface area contributed by atoms with Gasteiger partial charge in [-0.15, -0.1) is 0 Å². The minimum atomic E-state index is -0.451. The van der Waals surface area contributed by atoms with Crippen LogP contribution in [0.15, 0.2) is 73.1 Å². The highest BCUT2D eigenvalue weighted by Crippen LogP contribution is 2.40. The summed E-state index contributed by atoms with van der Waals surface area (Å²) in [5, 5.41) is 11.8. The highest BCUT2D eigenvalue weighted by atomic mass is 16.6. The van der Waals surface area contributed by atoms with Crippen LogP contribution in [0.4, 0.5) is 5.69 Å². The van der Waals surface area contributed by atoms with Crippen LogP contribution in [0, 0.1) is 17.0 Å². The molecule has 0 atom stereocenters. The highest BCUT2D eigenvalue weighted by Gasteiger charge is 2.25. The molecule has 8 heteroatoms. The second kappa shape index (κ2) is 9.72. The van der Waals surface area contributed by atoms with E-state index in [1.807, 2.05) is 31.2 Å². The van der Waals surface area contributed by atoms with Crippen molar-refractivity contribution >= 4 is 11.5 Å². The Kier molecular flexibility index (Phi) is 6.55. The van der Waals surface area contributed by atoms with Gasteiger partial charge in [-0.2, -0.15) is 0 Å². The summed E-state index contributed by atoms with van der Waals surface area (Å²) >= 11 is 0. The number of hydrogen-bond donors (Lipinski definition) is 0. The van der Waals surface area contributed by atoms with E-state index in [2.05, 4.69) is 0 Å². The molecule has 1 aromatic heterocycles. The van der Waals surface area contributed by atoms with E-state index in [0.29, 0.717) is 39.5 Å². The first kappa shape index (κ1) is 23.6. The van der Waals surface area contributed by atoms with Crippen LogP contribution in [0.5, 0.6) is 17.2 Å². The summed E-state index contributed by atoms with van der Waals surface area (Å²) in [4.78, 5) is 25.2. The fourth-order valence-corrected chi connectivity index (χ4v) is 4.02. The number of ketones is 1. The Hall–Kier alpha value is -4.59. The number of hydrogen-bond acceptors (Lipinski definition) is 6. The Labute approximate surface area is 202 Å². The van der Waals surface area contributed by atoms with E-state index in [0.717, 1.165) is 11.3 Å². The molecule has 0 saturated carbocycles. The largest absolute Gasteiger partial charge is 0.493 e. The lowest BCUT2D eigenvalue weighted by molar-refractivity contribution is -0.384. The van der Waals surface area contributed by atoms with E-state index in [-0.39, 0.29) is 11.5 Å². The van der Waals surface area contributed by atoms with Crippen LogP contribution in [0.3, 0.4) is 0 Å². The third kappa shape index (κ3) is 4.46. The van der Waals surface area contributed by atoms with Crippen molar-refractivity contribution in [1.29, 1.82) is 0 Å². The van der Waals surface area contributed by atoms with Gasteiger partial charge in [0.2, 0.25) is 5.75 Å². The van der Waals surface area contributed by atoms with Crippen molar-refractivity contribution in [2.24, 2.45) is 0 Å². The highest BCUT2D eigenvalue weighted by molar-refractivity contribution is 6.14. The number of nitro groups is 1. The number of para-hydroxylation sites is 1. The molecule has 0 saturated heterocycles. The molecular formula is C27H24N2O6. The van der Waals surface area contributed by atoms with E-state index in [4.69, 9.17) is 14.2 Å². The first-order valence-electron chi connectivity index (χ1n) is 10.8. The molecule has 0 radical (unpaired) electrons. The summed E-state index contributed by atoms with van der Waals surface area (Å²) in [6.07, 6.45) is 3.43. The normalized spacial score (nSPS) is 10.6. The van der Waals surface area contributed by atoms with Crippen molar-refractivity contribution in [1.82, 2.24) is 4.57 Å². The molecule has 0 amide bonds. The number of nitrogens with zero attached hydrogens (tertiary/aromatic N) is 2. The Bertz CT molecular complexity index is 1400. The molecule has 0 fully saturated rings. The number of methoxy groups -OCH3 is 3. The van der Waals surface area contributed by atoms with Crippen molar-refractivity contribution in [3.05, 3.63) is 99.9 Å². The predicted octanol–water partition coefficient (Wildman–Crippen LogP) is 5.62. The molecule has 4 aromatic rings. The monoisotopic (exact) mass is 472 g/mol. The van der Waals surface area contributed by atoms with Gasteiger partial charge in [0.05, 0.1) is 31.8 Å². The number of carbonyl (C=O) groups is 1. The predicted molar refractivity (Wildman–Crippen MR) is 132 cm³/mol. The topological polar surface area (TPSA) is 92.8 Å². The van der Waals surface area contributed by atoms with Crippen LogP contribution < -0.4 is 14.2 Å². The Morgan fingerprint density at radius 2 is 1.54 bits per heavy atom. The summed E-state index contributed by atoms with van der Waals surface area (Å²) in [6, 6.07) is 17.3. The second-order valence-electron chi connectivity index (χ2n) is 7.85. The zero-order valence-electron chi connectivity index (χ0n) is 19.8. The molecule has 0 aliphatic carbocycles. The van der Waals surface area contributed by atoms with Gasteiger partial charge >= 0.3 is 0 Å². The average Bonchev–Trinajstić information content (AvgIpc) is 3.32. The second-order valence-corrected chi connectivity index (χ2v) is 7.85. The third-order valence-corrected chi connectivity index (χ3v) is 5.69. The number of benzene rings is 3. The van der Waals surface area contributed by atoms with Gasteiger partial charge in [0, 0.05) is 40.8 Å². The summed E-state index contributed by atoms with van der Waals surface area (Å²) in [5.74, 6) is 0.688. The van der Waals surface area contributed by atoms with E-state index >= 15 is 0 Å². The van der Waals surface area contributed by atoms with Gasteiger partial charge in [0.25, 0.3) is 5.69 Å². The molecule has 0 N–H and O–H groups in total. The summed E-state index contributed by atoms with van der Waals surface area (Å²) < 4.78 is 18.0. The number of rotatable bonds is 8. The van der Waals surface area contributed by atoms with Gasteiger partial charge in [-0.1, -0.05) is 24.3 Å². The number of ether oxygens (including phenoxy) is 3. The molecule has 178 valence electrons. The van der Waals surface area contributed by atoms with E-state index < -0.39 is 4.92 Å². The summed E-state index contributed by atoms with van der Waals surface area (Å²) in [6.45, 7) is 1.97. The molecular weight excluding hydrogens is 448 g/mol. The summed E-state index contributed by atoms with van der Waals surface area (Å²) in [7, 11) is 4.42. The minimum Gasteiger partial charge on any atom is -0.493 e. The minimum absolute atomic E-state index is 0.0894. The van der Waals surface area contributed by atoms with Gasteiger partial charge in [-0.25, -0.2) is 0 Å². The quantitative estimate of drug-likeness (QED) is 0.188. The van der Waals surface area contributed by atoms with Gasteiger partial charge < -0.3 is 18.8 Å². The lowest BCUT2D eigenvalue weighted by atomic mass is 9.96. The SMILES string of the molecule is COc1cc(C(=O)c2cn(-c3cccc(C)c3)cc2-c2ccccc2[N+](=O)[O-])cc(OC)c1OC. The van der Waals surface area contributed by atoms with E-state index in [1.165, 1.54) is 27.4 Å². The van der Waals surface area contributed by atoms with Crippen LogP contribution in [-0.4, -0.2) is 36.6 Å². The average molecular weight is 472 g/mol. The van der Waals surface area contributed by atoms with Gasteiger partial charge in [0.1, 0.15) is 0 Å². The van der Waals surface area contributed by atoms with Crippen molar-refractivity contribution in [3.8, 4) is 34.1 Å². The molecule has 0 spiro atoms. The Morgan fingerprint density at radius 1 is 0.857 bits per heavy atom. The van der Waals surface area contributed by atoms with Gasteiger partial charge in [0.15, 0.2) is 17.3 Å². The maximum absolute atomic E-state index is 13.8. The van der Waals surface area contributed by atoms with Crippen molar-refractivity contribution in [3.63, 3.8) is 0 Å². The fourth-order valence-electron chi connectivity index (χ4n) is 4.02. The molecule has 0 bridgehead atoms. The van der Waals surface area contributed by atoms with Crippen LogP contribution in [-0.2, 0) is 0 Å².